The van der Waals surface area contributed by atoms with Crippen molar-refractivity contribution in [3.8, 4) is 0 Å². The largest absolute Gasteiger partial charge is 0.383 e. The maximum atomic E-state index is 12.7. The van der Waals surface area contributed by atoms with Crippen LogP contribution in [0.2, 0.25) is 9.36 Å². The molecule has 5 nitrogen and oxygen atoms in total. The molecule has 0 fully saturated rings. The number of ketones is 1. The quantitative estimate of drug-likeness (QED) is 0.642. The third kappa shape index (κ3) is 3.67. The Balaban J connectivity index is 1.99. The lowest BCUT2D eigenvalue weighted by Crippen LogP contribution is -2.17. The smallest absolute Gasteiger partial charge is 0.208 e. The predicted molar refractivity (Wildman–Crippen MR) is 102 cm³/mol. The molecule has 0 saturated carbocycles. The lowest BCUT2D eigenvalue weighted by Gasteiger charge is -2.16. The summed E-state index contributed by atoms with van der Waals surface area (Å²) < 4.78 is 0.526. The van der Waals surface area contributed by atoms with Crippen LogP contribution in [-0.2, 0) is 0 Å². The van der Waals surface area contributed by atoms with Gasteiger partial charge in [0.15, 0.2) is 0 Å². The summed E-state index contributed by atoms with van der Waals surface area (Å²) in [6.45, 7) is 0. The van der Waals surface area contributed by atoms with Crippen molar-refractivity contribution in [2.45, 2.75) is 6.04 Å². The highest BCUT2D eigenvalue weighted by atomic mass is 35.5. The number of thiophene rings is 1. The molecule has 0 bridgehead atoms. The van der Waals surface area contributed by atoms with E-state index in [-0.39, 0.29) is 23.2 Å². The Labute approximate surface area is 158 Å². The molecule has 1 unspecified atom stereocenters. The topological polar surface area (TPSA) is 80.9 Å². The Hall–Kier alpha value is -1.99. The molecule has 3 aromatic rings. The van der Waals surface area contributed by atoms with E-state index >= 15 is 0 Å². The van der Waals surface area contributed by atoms with Gasteiger partial charge in [0.1, 0.15) is 12.1 Å². The second kappa shape index (κ2) is 7.49. The number of nitrogens with zero attached hydrogens (tertiary/aromatic N) is 2. The number of nitrogens with two attached hydrogens (primary N) is 1. The first-order chi connectivity index (χ1) is 12.0. The molecule has 0 spiro atoms. The Kier molecular flexibility index (Phi) is 5.34. The fraction of sp³-hybridized carbons (Fsp3) is 0.118. The first-order valence-corrected chi connectivity index (χ1v) is 8.90. The van der Waals surface area contributed by atoms with Gasteiger partial charge in [-0.25, -0.2) is 9.97 Å². The molecule has 0 aliphatic rings. The maximum absolute atomic E-state index is 12.7. The van der Waals surface area contributed by atoms with Gasteiger partial charge in [0.2, 0.25) is 5.78 Å². The van der Waals surface area contributed by atoms with Crippen molar-refractivity contribution >= 4 is 46.1 Å². The molecule has 128 valence electrons. The number of halogens is 2. The number of nitrogen functional groups attached to an aromatic ring is 1. The molecule has 8 heteroatoms. The molecule has 1 atom stereocenters. The van der Waals surface area contributed by atoms with Gasteiger partial charge in [-0.1, -0.05) is 35.3 Å². The van der Waals surface area contributed by atoms with Crippen molar-refractivity contribution in [2.75, 3.05) is 12.8 Å². The van der Waals surface area contributed by atoms with E-state index in [1.807, 2.05) is 25.2 Å². The first kappa shape index (κ1) is 17.8. The monoisotopic (exact) mass is 392 g/mol. The maximum Gasteiger partial charge on any atom is 0.208 e. The number of hydrogen-bond donors (Lipinski definition) is 2. The zero-order valence-corrected chi connectivity index (χ0v) is 15.5. The normalized spacial score (nSPS) is 12.1. The highest BCUT2D eigenvalue weighted by Crippen LogP contribution is 2.36. The molecule has 0 amide bonds. The van der Waals surface area contributed by atoms with E-state index < -0.39 is 0 Å². The molecule has 25 heavy (non-hydrogen) atoms. The second-order valence-corrected chi connectivity index (χ2v) is 7.36. The van der Waals surface area contributed by atoms with Crippen molar-refractivity contribution < 1.29 is 4.79 Å². The van der Waals surface area contributed by atoms with E-state index in [1.54, 1.807) is 12.1 Å². The SMILES string of the molecule is CNC(c1cccc(Cl)c1)c1cc(C(=O)c2cncnc2N)sc1Cl. The molecule has 3 N–H and O–H groups in total. The van der Waals surface area contributed by atoms with Crippen molar-refractivity contribution in [1.82, 2.24) is 15.3 Å². The molecule has 2 aromatic heterocycles. The molecule has 0 saturated heterocycles. The predicted octanol–water partition coefficient (Wildman–Crippen LogP) is 3.97. The number of carbonyl (C=O) groups excluding carboxylic acids is 1. The Bertz CT molecular complexity index is 929. The van der Waals surface area contributed by atoms with E-state index in [1.165, 1.54) is 23.9 Å². The van der Waals surface area contributed by atoms with Crippen LogP contribution in [0.15, 0.2) is 42.9 Å². The number of nitrogens with one attached hydrogen (secondary N) is 1. The number of aromatic nitrogens is 2. The molecule has 0 radical (unpaired) electrons. The summed E-state index contributed by atoms with van der Waals surface area (Å²) in [6.07, 6.45) is 2.71. The fourth-order valence-electron chi connectivity index (χ4n) is 2.53. The fourth-order valence-corrected chi connectivity index (χ4v) is 4.01. The van der Waals surface area contributed by atoms with Crippen LogP contribution in [0.25, 0.3) is 0 Å². The molecular weight excluding hydrogens is 379 g/mol. The molecule has 0 aliphatic heterocycles. The zero-order chi connectivity index (χ0) is 18.0. The van der Waals surface area contributed by atoms with Gasteiger partial charge < -0.3 is 11.1 Å². The van der Waals surface area contributed by atoms with E-state index in [9.17, 15) is 4.79 Å². The summed E-state index contributed by atoms with van der Waals surface area (Å²) in [5.74, 6) is -0.108. The van der Waals surface area contributed by atoms with Gasteiger partial charge in [-0.3, -0.25) is 4.79 Å². The Morgan fingerprint density at radius 3 is 2.80 bits per heavy atom. The second-order valence-electron chi connectivity index (χ2n) is 5.27. The van der Waals surface area contributed by atoms with Gasteiger partial charge in [-0.2, -0.15) is 0 Å². The average Bonchev–Trinajstić information content (AvgIpc) is 2.97. The minimum absolute atomic E-state index is 0.145. The van der Waals surface area contributed by atoms with Crippen LogP contribution >= 0.6 is 34.5 Å². The standard InChI is InChI=1S/C17H14Cl2N4OS/c1-21-14(9-3-2-4-10(18)5-9)11-6-13(25-16(11)19)15(24)12-7-22-8-23-17(12)20/h2-8,14,21H,1H3,(H2,20,22,23). The molecular formula is C17H14Cl2N4OS. The molecule has 1 aromatic carbocycles. The van der Waals surface area contributed by atoms with Crippen LogP contribution in [0.4, 0.5) is 5.82 Å². The van der Waals surface area contributed by atoms with E-state index in [4.69, 9.17) is 28.9 Å². The van der Waals surface area contributed by atoms with Crippen LogP contribution in [0.5, 0.6) is 0 Å². The molecule has 2 heterocycles. The molecule has 3 rings (SSSR count). The lowest BCUT2D eigenvalue weighted by atomic mass is 10.0. The lowest BCUT2D eigenvalue weighted by molar-refractivity contribution is 0.104. The highest BCUT2D eigenvalue weighted by molar-refractivity contribution is 7.18. The minimum Gasteiger partial charge on any atom is -0.383 e. The van der Waals surface area contributed by atoms with Crippen molar-refractivity contribution in [3.63, 3.8) is 0 Å². The Morgan fingerprint density at radius 2 is 2.12 bits per heavy atom. The summed E-state index contributed by atoms with van der Waals surface area (Å²) in [5.41, 5.74) is 7.79. The summed E-state index contributed by atoms with van der Waals surface area (Å²) in [5, 5.41) is 3.84. The van der Waals surface area contributed by atoms with E-state index in [2.05, 4.69) is 15.3 Å². The van der Waals surface area contributed by atoms with Crippen molar-refractivity contribution in [2.24, 2.45) is 0 Å². The van der Waals surface area contributed by atoms with E-state index in [0.29, 0.717) is 14.2 Å². The third-order valence-corrected chi connectivity index (χ3v) is 5.33. The van der Waals surface area contributed by atoms with Gasteiger partial charge >= 0.3 is 0 Å². The number of rotatable bonds is 5. The van der Waals surface area contributed by atoms with Crippen molar-refractivity contribution in [3.05, 3.63) is 73.8 Å². The summed E-state index contributed by atoms with van der Waals surface area (Å²) in [7, 11) is 1.82. The first-order valence-electron chi connectivity index (χ1n) is 7.33. The van der Waals surface area contributed by atoms with Crippen LogP contribution < -0.4 is 11.1 Å². The summed E-state index contributed by atoms with van der Waals surface area (Å²) in [4.78, 5) is 20.9. The van der Waals surface area contributed by atoms with Gasteiger partial charge in [0.05, 0.1) is 20.8 Å². The van der Waals surface area contributed by atoms with Crippen LogP contribution in [0.3, 0.4) is 0 Å². The number of hydrogen-bond acceptors (Lipinski definition) is 6. The zero-order valence-electron chi connectivity index (χ0n) is 13.2. The van der Waals surface area contributed by atoms with E-state index in [0.717, 1.165) is 11.1 Å². The average molecular weight is 393 g/mol. The van der Waals surface area contributed by atoms with Crippen LogP contribution in [-0.4, -0.2) is 22.8 Å². The minimum atomic E-state index is -0.253. The summed E-state index contributed by atoms with van der Waals surface area (Å²) in [6, 6.07) is 9.07. The summed E-state index contributed by atoms with van der Waals surface area (Å²) >= 11 is 13.7. The molecule has 0 aliphatic carbocycles. The highest BCUT2D eigenvalue weighted by Gasteiger charge is 2.23. The van der Waals surface area contributed by atoms with Gasteiger partial charge in [-0.05, 0) is 30.8 Å². The number of benzene rings is 1. The van der Waals surface area contributed by atoms with Gasteiger partial charge in [0, 0.05) is 16.8 Å². The van der Waals surface area contributed by atoms with Crippen LogP contribution in [0.1, 0.15) is 32.4 Å². The third-order valence-electron chi connectivity index (χ3n) is 3.71. The van der Waals surface area contributed by atoms with Crippen molar-refractivity contribution in [1.29, 1.82) is 0 Å². The van der Waals surface area contributed by atoms with Gasteiger partial charge in [-0.15, -0.1) is 11.3 Å². The van der Waals surface area contributed by atoms with Crippen LogP contribution in [0, 0.1) is 0 Å². The number of carbonyl (C=O) groups is 1. The van der Waals surface area contributed by atoms with Gasteiger partial charge in [0.25, 0.3) is 0 Å². The number of anilines is 1. The Morgan fingerprint density at radius 1 is 1.32 bits per heavy atom.